The van der Waals surface area contributed by atoms with Crippen LogP contribution in [0.1, 0.15) is 15.9 Å². The smallest absolute Gasteiger partial charge is 0.194 e. The van der Waals surface area contributed by atoms with Crippen LogP contribution in [0.5, 0.6) is 0 Å². The van der Waals surface area contributed by atoms with Gasteiger partial charge in [-0.2, -0.15) is 0 Å². The largest absolute Gasteiger partial charge is 0.289 e. The zero-order chi connectivity index (χ0) is 12.4. The van der Waals surface area contributed by atoms with Crippen LogP contribution in [0.2, 0.25) is 5.02 Å². The molecule has 0 spiro atoms. The van der Waals surface area contributed by atoms with Gasteiger partial charge in [-0.15, -0.1) is 0 Å². The molecule has 1 aromatic heterocycles. The van der Waals surface area contributed by atoms with E-state index in [4.69, 9.17) is 11.6 Å². The van der Waals surface area contributed by atoms with Gasteiger partial charge in [0.2, 0.25) is 0 Å². The molecule has 0 aliphatic carbocycles. The quantitative estimate of drug-likeness (QED) is 0.788. The predicted molar refractivity (Wildman–Crippen MR) is 66.8 cm³/mol. The second-order valence-corrected chi connectivity index (χ2v) is 4.67. The van der Waals surface area contributed by atoms with Crippen LogP contribution >= 0.6 is 27.5 Å². The van der Waals surface area contributed by atoms with Crippen molar-refractivity contribution in [1.82, 2.24) is 4.98 Å². The van der Waals surface area contributed by atoms with Crippen molar-refractivity contribution in [3.05, 3.63) is 63.1 Å². The first-order valence-corrected chi connectivity index (χ1v) is 5.85. The third kappa shape index (κ3) is 2.70. The molecular formula is C12H6BrClFNO. The van der Waals surface area contributed by atoms with E-state index >= 15 is 0 Å². The van der Waals surface area contributed by atoms with Crippen LogP contribution in [0.4, 0.5) is 4.39 Å². The Balaban J connectivity index is 2.40. The number of carbonyl (C=O) groups is 1. The molecule has 0 atom stereocenters. The minimum absolute atomic E-state index is 0.00563. The SMILES string of the molecule is O=C(c1cncc(Br)c1)c1ccc(Cl)c(F)c1. The molecule has 0 radical (unpaired) electrons. The van der Waals surface area contributed by atoms with E-state index in [2.05, 4.69) is 20.9 Å². The zero-order valence-electron chi connectivity index (χ0n) is 8.45. The summed E-state index contributed by atoms with van der Waals surface area (Å²) in [5.41, 5.74) is 0.632. The molecule has 17 heavy (non-hydrogen) atoms. The number of hydrogen-bond donors (Lipinski definition) is 0. The fraction of sp³-hybridized carbons (Fsp3) is 0. The lowest BCUT2D eigenvalue weighted by Crippen LogP contribution is -2.02. The van der Waals surface area contributed by atoms with Crippen molar-refractivity contribution in [2.45, 2.75) is 0 Å². The Bertz CT molecular complexity index is 588. The molecule has 0 unspecified atom stereocenters. The molecule has 1 aromatic carbocycles. The molecule has 86 valence electrons. The summed E-state index contributed by atoms with van der Waals surface area (Å²) in [7, 11) is 0. The standard InChI is InChI=1S/C12H6BrClFNO/c13-9-3-8(5-16-6-9)12(17)7-1-2-10(14)11(15)4-7/h1-6H. The number of aromatic nitrogens is 1. The summed E-state index contributed by atoms with van der Waals surface area (Å²) in [5.74, 6) is -0.908. The third-order valence-electron chi connectivity index (χ3n) is 2.15. The van der Waals surface area contributed by atoms with Gasteiger partial charge in [0.15, 0.2) is 5.78 Å². The van der Waals surface area contributed by atoms with Crippen molar-refractivity contribution < 1.29 is 9.18 Å². The van der Waals surface area contributed by atoms with Crippen molar-refractivity contribution in [3.8, 4) is 0 Å². The Kier molecular flexibility index (Phi) is 3.54. The van der Waals surface area contributed by atoms with Gasteiger partial charge < -0.3 is 0 Å². The first kappa shape index (κ1) is 12.2. The summed E-state index contributed by atoms with van der Waals surface area (Å²) < 4.78 is 13.9. The van der Waals surface area contributed by atoms with Gasteiger partial charge in [0.05, 0.1) is 5.02 Å². The number of hydrogen-bond acceptors (Lipinski definition) is 2. The molecule has 0 aliphatic rings. The first-order chi connectivity index (χ1) is 8.08. The summed E-state index contributed by atoms with van der Waals surface area (Å²) in [5, 5.41) is -0.00563. The fourth-order valence-electron chi connectivity index (χ4n) is 1.34. The number of halogens is 3. The Morgan fingerprint density at radius 2 is 2.00 bits per heavy atom. The van der Waals surface area contributed by atoms with E-state index in [1.165, 1.54) is 18.3 Å². The molecule has 1 heterocycles. The Hall–Kier alpha value is -1.26. The summed E-state index contributed by atoms with van der Waals surface area (Å²) in [6.45, 7) is 0. The van der Waals surface area contributed by atoms with E-state index in [0.717, 1.165) is 6.07 Å². The maximum atomic E-state index is 13.2. The van der Waals surface area contributed by atoms with Gasteiger partial charge in [-0.3, -0.25) is 9.78 Å². The molecule has 0 amide bonds. The van der Waals surface area contributed by atoms with E-state index in [1.54, 1.807) is 12.3 Å². The highest BCUT2D eigenvalue weighted by Gasteiger charge is 2.11. The van der Waals surface area contributed by atoms with E-state index < -0.39 is 5.82 Å². The van der Waals surface area contributed by atoms with E-state index in [9.17, 15) is 9.18 Å². The van der Waals surface area contributed by atoms with Crippen molar-refractivity contribution >= 4 is 33.3 Å². The van der Waals surface area contributed by atoms with Gasteiger partial charge in [-0.1, -0.05) is 11.6 Å². The summed E-state index contributed by atoms with van der Waals surface area (Å²) in [4.78, 5) is 15.9. The Morgan fingerprint density at radius 3 is 2.65 bits per heavy atom. The van der Waals surface area contributed by atoms with Gasteiger partial charge in [0.1, 0.15) is 5.82 Å². The van der Waals surface area contributed by atoms with Crippen molar-refractivity contribution in [2.24, 2.45) is 0 Å². The zero-order valence-corrected chi connectivity index (χ0v) is 10.8. The van der Waals surface area contributed by atoms with Crippen LogP contribution in [0.3, 0.4) is 0 Å². The summed E-state index contributed by atoms with van der Waals surface area (Å²) in [6, 6.07) is 5.58. The van der Waals surface area contributed by atoms with Crippen LogP contribution in [-0.2, 0) is 0 Å². The highest BCUT2D eigenvalue weighted by molar-refractivity contribution is 9.10. The Morgan fingerprint density at radius 1 is 1.24 bits per heavy atom. The predicted octanol–water partition coefficient (Wildman–Crippen LogP) is 3.87. The van der Waals surface area contributed by atoms with Crippen molar-refractivity contribution in [3.63, 3.8) is 0 Å². The van der Waals surface area contributed by atoms with Gasteiger partial charge in [-0.25, -0.2) is 4.39 Å². The van der Waals surface area contributed by atoms with Crippen LogP contribution in [-0.4, -0.2) is 10.8 Å². The molecule has 0 saturated heterocycles. The first-order valence-electron chi connectivity index (χ1n) is 4.68. The minimum Gasteiger partial charge on any atom is -0.289 e. The summed E-state index contributed by atoms with van der Waals surface area (Å²) in [6.07, 6.45) is 3.00. The number of carbonyl (C=O) groups excluding carboxylic acids is 1. The number of nitrogens with zero attached hydrogens (tertiary/aromatic N) is 1. The lowest BCUT2D eigenvalue weighted by Gasteiger charge is -2.02. The molecular weight excluding hydrogens is 308 g/mol. The minimum atomic E-state index is -0.611. The lowest BCUT2D eigenvalue weighted by atomic mass is 10.1. The van der Waals surface area contributed by atoms with Crippen LogP contribution in [0.25, 0.3) is 0 Å². The number of pyridine rings is 1. The molecule has 0 fully saturated rings. The van der Waals surface area contributed by atoms with Crippen LogP contribution in [0, 0.1) is 5.82 Å². The maximum absolute atomic E-state index is 13.2. The molecule has 2 nitrogen and oxygen atoms in total. The van der Waals surface area contributed by atoms with Gasteiger partial charge in [0, 0.05) is 28.0 Å². The molecule has 0 saturated carbocycles. The molecule has 0 aliphatic heterocycles. The third-order valence-corrected chi connectivity index (χ3v) is 2.89. The van der Waals surface area contributed by atoms with Crippen molar-refractivity contribution in [1.29, 1.82) is 0 Å². The van der Waals surface area contributed by atoms with Gasteiger partial charge in [-0.05, 0) is 40.2 Å². The van der Waals surface area contributed by atoms with Gasteiger partial charge >= 0.3 is 0 Å². The number of rotatable bonds is 2. The topological polar surface area (TPSA) is 30.0 Å². The lowest BCUT2D eigenvalue weighted by molar-refractivity contribution is 0.103. The molecule has 0 bridgehead atoms. The summed E-state index contributed by atoms with van der Waals surface area (Å²) >= 11 is 8.77. The molecule has 2 aromatic rings. The van der Waals surface area contributed by atoms with Gasteiger partial charge in [0.25, 0.3) is 0 Å². The fourth-order valence-corrected chi connectivity index (χ4v) is 1.82. The van der Waals surface area contributed by atoms with E-state index in [1.807, 2.05) is 0 Å². The maximum Gasteiger partial charge on any atom is 0.194 e. The highest BCUT2D eigenvalue weighted by atomic mass is 79.9. The molecule has 5 heteroatoms. The normalized spacial score (nSPS) is 10.3. The second kappa shape index (κ2) is 4.94. The highest BCUT2D eigenvalue weighted by Crippen LogP contribution is 2.19. The van der Waals surface area contributed by atoms with Crippen LogP contribution in [0.15, 0.2) is 41.1 Å². The molecule has 0 N–H and O–H groups in total. The van der Waals surface area contributed by atoms with E-state index in [0.29, 0.717) is 10.0 Å². The average Bonchev–Trinajstić information content (AvgIpc) is 2.32. The van der Waals surface area contributed by atoms with E-state index in [-0.39, 0.29) is 16.4 Å². The number of benzene rings is 1. The number of ketones is 1. The average molecular weight is 315 g/mol. The Labute approximate surface area is 111 Å². The second-order valence-electron chi connectivity index (χ2n) is 3.35. The molecule has 2 rings (SSSR count). The monoisotopic (exact) mass is 313 g/mol. The van der Waals surface area contributed by atoms with Crippen molar-refractivity contribution in [2.75, 3.05) is 0 Å². The van der Waals surface area contributed by atoms with Crippen LogP contribution < -0.4 is 0 Å².